The number of nitrogens with zero attached hydrogens (tertiary/aromatic N) is 3. The predicted octanol–water partition coefficient (Wildman–Crippen LogP) is 4.10. The molecule has 1 rings (SSSR count). The summed E-state index contributed by atoms with van der Waals surface area (Å²) in [5, 5.41) is 8.49. The SMILES string of the molecule is CCc1nnc(Cl)n1CCCCCCC(C)C. The van der Waals surface area contributed by atoms with Gasteiger partial charge in [-0.15, -0.1) is 10.2 Å². The van der Waals surface area contributed by atoms with Crippen molar-refractivity contribution >= 4 is 11.6 Å². The van der Waals surface area contributed by atoms with Crippen LogP contribution in [0.1, 0.15) is 58.7 Å². The lowest BCUT2D eigenvalue weighted by atomic mass is 10.0. The van der Waals surface area contributed by atoms with Crippen molar-refractivity contribution in [3.8, 4) is 0 Å². The third kappa shape index (κ3) is 5.07. The Labute approximate surface area is 110 Å². The van der Waals surface area contributed by atoms with Gasteiger partial charge in [-0.25, -0.2) is 0 Å². The van der Waals surface area contributed by atoms with Crippen molar-refractivity contribution in [1.29, 1.82) is 0 Å². The van der Waals surface area contributed by atoms with Crippen LogP contribution in [0.5, 0.6) is 0 Å². The van der Waals surface area contributed by atoms with E-state index in [2.05, 4.69) is 31.0 Å². The fourth-order valence-electron chi connectivity index (χ4n) is 1.97. The summed E-state index contributed by atoms with van der Waals surface area (Å²) >= 11 is 5.99. The Morgan fingerprint density at radius 1 is 1.12 bits per heavy atom. The molecule has 0 unspecified atom stereocenters. The molecule has 3 nitrogen and oxygen atoms in total. The molecule has 1 heterocycles. The highest BCUT2D eigenvalue weighted by Gasteiger charge is 2.07. The van der Waals surface area contributed by atoms with Crippen molar-refractivity contribution in [2.45, 2.75) is 65.8 Å². The van der Waals surface area contributed by atoms with Crippen molar-refractivity contribution in [2.24, 2.45) is 5.92 Å². The maximum absolute atomic E-state index is 5.99. The molecule has 0 aliphatic rings. The van der Waals surface area contributed by atoms with E-state index in [-0.39, 0.29) is 0 Å². The van der Waals surface area contributed by atoms with Crippen LogP contribution in [0.15, 0.2) is 0 Å². The zero-order chi connectivity index (χ0) is 12.7. The maximum Gasteiger partial charge on any atom is 0.225 e. The number of rotatable bonds is 8. The van der Waals surface area contributed by atoms with Crippen LogP contribution in [0.25, 0.3) is 0 Å². The third-order valence-electron chi connectivity index (χ3n) is 3.01. The number of hydrogen-bond acceptors (Lipinski definition) is 2. The monoisotopic (exact) mass is 257 g/mol. The zero-order valence-electron chi connectivity index (χ0n) is 11.2. The third-order valence-corrected chi connectivity index (χ3v) is 3.29. The summed E-state index contributed by atoms with van der Waals surface area (Å²) in [6, 6.07) is 0. The molecule has 17 heavy (non-hydrogen) atoms. The number of hydrogen-bond donors (Lipinski definition) is 0. The quantitative estimate of drug-likeness (QED) is 0.657. The molecule has 0 aliphatic heterocycles. The Morgan fingerprint density at radius 2 is 1.82 bits per heavy atom. The highest BCUT2D eigenvalue weighted by atomic mass is 35.5. The fourth-order valence-corrected chi connectivity index (χ4v) is 2.19. The highest BCUT2D eigenvalue weighted by Crippen LogP contribution is 2.13. The number of halogens is 1. The van der Waals surface area contributed by atoms with E-state index < -0.39 is 0 Å². The van der Waals surface area contributed by atoms with Gasteiger partial charge in [0.15, 0.2) is 0 Å². The van der Waals surface area contributed by atoms with Crippen LogP contribution in [0, 0.1) is 5.92 Å². The average Bonchev–Trinajstić information content (AvgIpc) is 2.64. The number of aryl methyl sites for hydroxylation is 1. The second-order valence-electron chi connectivity index (χ2n) is 4.99. The first-order valence-electron chi connectivity index (χ1n) is 6.72. The molecule has 1 aromatic rings. The summed E-state index contributed by atoms with van der Waals surface area (Å²) in [6.45, 7) is 7.60. The first kappa shape index (κ1) is 14.5. The molecule has 0 saturated carbocycles. The fraction of sp³-hybridized carbons (Fsp3) is 0.846. The van der Waals surface area contributed by atoms with Gasteiger partial charge in [0.25, 0.3) is 0 Å². The van der Waals surface area contributed by atoms with Crippen LogP contribution < -0.4 is 0 Å². The summed E-state index contributed by atoms with van der Waals surface area (Å²) in [7, 11) is 0. The van der Waals surface area contributed by atoms with Crippen molar-refractivity contribution in [3.05, 3.63) is 11.1 Å². The Bertz CT molecular complexity index is 320. The minimum Gasteiger partial charge on any atom is -0.302 e. The van der Waals surface area contributed by atoms with Crippen LogP contribution in [-0.2, 0) is 13.0 Å². The summed E-state index contributed by atoms with van der Waals surface area (Å²) in [5.74, 6) is 1.83. The molecule has 0 N–H and O–H groups in total. The van der Waals surface area contributed by atoms with Gasteiger partial charge in [-0.05, 0) is 23.9 Å². The second kappa shape index (κ2) is 7.70. The minimum absolute atomic E-state index is 0.532. The van der Waals surface area contributed by atoms with E-state index in [0.29, 0.717) is 5.28 Å². The Balaban J connectivity index is 2.19. The molecule has 0 amide bonds. The van der Waals surface area contributed by atoms with Crippen LogP contribution in [0.2, 0.25) is 5.28 Å². The molecule has 98 valence electrons. The average molecular weight is 258 g/mol. The topological polar surface area (TPSA) is 30.7 Å². The van der Waals surface area contributed by atoms with Crippen molar-refractivity contribution in [2.75, 3.05) is 0 Å². The largest absolute Gasteiger partial charge is 0.302 e. The summed E-state index contributed by atoms with van der Waals surface area (Å²) in [4.78, 5) is 0. The summed E-state index contributed by atoms with van der Waals surface area (Å²) in [6.07, 6.45) is 7.33. The molecule has 0 aromatic carbocycles. The van der Waals surface area contributed by atoms with E-state index in [1.165, 1.54) is 32.1 Å². The molecular weight excluding hydrogens is 234 g/mol. The minimum atomic E-state index is 0.532. The summed E-state index contributed by atoms with van der Waals surface area (Å²) < 4.78 is 2.03. The van der Waals surface area contributed by atoms with Gasteiger partial charge in [-0.2, -0.15) is 0 Å². The molecule has 1 aromatic heterocycles. The van der Waals surface area contributed by atoms with E-state index in [0.717, 1.165) is 24.7 Å². The van der Waals surface area contributed by atoms with Crippen LogP contribution in [0.3, 0.4) is 0 Å². The van der Waals surface area contributed by atoms with E-state index in [4.69, 9.17) is 11.6 Å². The van der Waals surface area contributed by atoms with Gasteiger partial charge < -0.3 is 4.57 Å². The Morgan fingerprint density at radius 3 is 2.47 bits per heavy atom. The zero-order valence-corrected chi connectivity index (χ0v) is 12.0. The molecule has 0 fully saturated rings. The summed E-state index contributed by atoms with van der Waals surface area (Å²) in [5.41, 5.74) is 0. The van der Waals surface area contributed by atoms with Gasteiger partial charge in [-0.1, -0.05) is 46.5 Å². The maximum atomic E-state index is 5.99. The normalized spacial score (nSPS) is 11.4. The lowest BCUT2D eigenvalue weighted by Crippen LogP contribution is -2.03. The van der Waals surface area contributed by atoms with Gasteiger partial charge >= 0.3 is 0 Å². The van der Waals surface area contributed by atoms with Gasteiger partial charge in [0.05, 0.1) is 0 Å². The standard InChI is InChI=1S/C13H24ClN3/c1-4-12-15-16-13(14)17(12)10-8-6-5-7-9-11(2)3/h11H,4-10H2,1-3H3. The molecule has 0 atom stereocenters. The molecule has 0 bridgehead atoms. The molecule has 0 saturated heterocycles. The van der Waals surface area contributed by atoms with E-state index >= 15 is 0 Å². The molecule has 0 spiro atoms. The van der Waals surface area contributed by atoms with Gasteiger partial charge in [0.1, 0.15) is 5.82 Å². The van der Waals surface area contributed by atoms with E-state index in [1.807, 2.05) is 4.57 Å². The van der Waals surface area contributed by atoms with Gasteiger partial charge in [0, 0.05) is 13.0 Å². The van der Waals surface area contributed by atoms with Crippen molar-refractivity contribution in [3.63, 3.8) is 0 Å². The Kier molecular flexibility index (Phi) is 6.56. The van der Waals surface area contributed by atoms with Crippen molar-refractivity contribution in [1.82, 2.24) is 14.8 Å². The lowest BCUT2D eigenvalue weighted by molar-refractivity contribution is 0.502. The van der Waals surface area contributed by atoms with Crippen molar-refractivity contribution < 1.29 is 0 Å². The smallest absolute Gasteiger partial charge is 0.225 e. The van der Waals surface area contributed by atoms with Gasteiger partial charge in [0.2, 0.25) is 5.28 Å². The number of unbranched alkanes of at least 4 members (excludes halogenated alkanes) is 3. The molecule has 0 aliphatic carbocycles. The van der Waals surface area contributed by atoms with Gasteiger partial charge in [-0.3, -0.25) is 0 Å². The number of aromatic nitrogens is 3. The first-order chi connectivity index (χ1) is 8.15. The highest BCUT2D eigenvalue weighted by molar-refractivity contribution is 6.28. The van der Waals surface area contributed by atoms with Crippen LogP contribution in [0.4, 0.5) is 0 Å². The Hall–Kier alpha value is -0.570. The first-order valence-corrected chi connectivity index (χ1v) is 7.10. The lowest BCUT2D eigenvalue weighted by Gasteiger charge is -2.07. The molecular formula is C13H24ClN3. The second-order valence-corrected chi connectivity index (χ2v) is 5.33. The van der Waals surface area contributed by atoms with E-state index in [1.54, 1.807) is 0 Å². The van der Waals surface area contributed by atoms with Crippen LogP contribution >= 0.6 is 11.6 Å². The van der Waals surface area contributed by atoms with E-state index in [9.17, 15) is 0 Å². The predicted molar refractivity (Wildman–Crippen MR) is 72.3 cm³/mol. The molecule has 4 heteroatoms. The molecule has 0 radical (unpaired) electrons. The van der Waals surface area contributed by atoms with Crippen LogP contribution in [-0.4, -0.2) is 14.8 Å².